The number of aromatic amines is 2. The number of pyridine rings is 4. The van der Waals surface area contributed by atoms with Crippen molar-refractivity contribution in [3.05, 3.63) is 79.5 Å². The molecule has 0 aromatic carbocycles. The minimum atomic E-state index is 0.605. The van der Waals surface area contributed by atoms with E-state index in [4.69, 9.17) is 9.97 Å². The summed E-state index contributed by atoms with van der Waals surface area (Å²) in [5, 5.41) is 10.8. The number of allylic oxidation sites excluding steroid dienone is 1. The predicted molar refractivity (Wildman–Crippen MR) is 136 cm³/mol. The summed E-state index contributed by atoms with van der Waals surface area (Å²) in [7, 11) is 0. The Morgan fingerprint density at radius 2 is 1.83 bits per heavy atom. The minimum absolute atomic E-state index is 0.605. The molecule has 0 amide bonds. The second kappa shape index (κ2) is 8.45. The van der Waals surface area contributed by atoms with Crippen LogP contribution in [0.4, 0.5) is 5.69 Å². The number of hydrogen-bond donors (Lipinski definition) is 3. The third kappa shape index (κ3) is 3.78. The van der Waals surface area contributed by atoms with Crippen LogP contribution in [0.5, 0.6) is 0 Å². The molecule has 0 atom stereocenters. The molecule has 0 bridgehead atoms. The normalized spacial score (nSPS) is 11.2. The summed E-state index contributed by atoms with van der Waals surface area (Å²) in [6, 6.07) is 13.5. The number of hydrogen-bond acceptors (Lipinski definition) is 7. The molecule has 0 aliphatic rings. The van der Waals surface area contributed by atoms with Crippen molar-refractivity contribution in [3.63, 3.8) is 0 Å². The fourth-order valence-corrected chi connectivity index (χ4v) is 3.90. The number of nitrogens with one attached hydrogen (secondary N) is 3. The van der Waals surface area contributed by atoms with Gasteiger partial charge in [-0.1, -0.05) is 19.6 Å². The summed E-state index contributed by atoms with van der Waals surface area (Å²) in [4.78, 5) is 26.4. The summed E-state index contributed by atoms with van der Waals surface area (Å²) < 4.78 is 0. The smallest absolute Gasteiger partial charge is 0.161 e. The molecular weight excluding hydrogens is 438 g/mol. The first-order valence-corrected chi connectivity index (χ1v) is 11.2. The number of H-pyrrole nitrogens is 2. The van der Waals surface area contributed by atoms with Crippen LogP contribution in [0.1, 0.15) is 13.3 Å². The molecule has 0 unspecified atom stereocenters. The highest BCUT2D eigenvalue weighted by Crippen LogP contribution is 2.30. The molecule has 9 nitrogen and oxygen atoms in total. The fourth-order valence-electron chi connectivity index (χ4n) is 3.90. The molecule has 0 radical (unpaired) electrons. The first kappa shape index (κ1) is 20.7. The molecule has 6 aromatic rings. The zero-order valence-electron chi connectivity index (χ0n) is 18.9. The van der Waals surface area contributed by atoms with Crippen LogP contribution in [0.15, 0.2) is 79.5 Å². The Labute approximate surface area is 200 Å². The molecule has 3 N–H and O–H groups in total. The maximum atomic E-state index is 4.90. The van der Waals surface area contributed by atoms with Gasteiger partial charge in [0, 0.05) is 29.9 Å². The molecule has 0 aliphatic carbocycles. The number of anilines is 1. The standard InChI is InChI=1S/C26H21N9/c1-3-15(2)30-17-12-16(13-27-14-17)18-7-8-21-24(31-18)25(35-34-21)26-32-20-9-11-29-22(23(20)33-26)19-6-4-5-10-28-19/h4-14,30H,2-3H2,1H3,(H,32,33)(H,34,35). The van der Waals surface area contributed by atoms with Gasteiger partial charge >= 0.3 is 0 Å². The molecule has 35 heavy (non-hydrogen) atoms. The van der Waals surface area contributed by atoms with Crippen LogP contribution in [0.25, 0.3) is 56.2 Å². The van der Waals surface area contributed by atoms with E-state index in [0.717, 1.165) is 51.3 Å². The number of fused-ring (bicyclic) bond motifs is 2. The third-order valence-corrected chi connectivity index (χ3v) is 5.72. The summed E-state index contributed by atoms with van der Waals surface area (Å²) in [6.07, 6.45) is 7.89. The van der Waals surface area contributed by atoms with Crippen LogP contribution in [-0.4, -0.2) is 40.1 Å². The lowest BCUT2D eigenvalue weighted by Crippen LogP contribution is -1.97. The van der Waals surface area contributed by atoms with Crippen LogP contribution in [0.2, 0.25) is 0 Å². The highest BCUT2D eigenvalue weighted by atomic mass is 15.2. The lowest BCUT2D eigenvalue weighted by atomic mass is 10.1. The van der Waals surface area contributed by atoms with E-state index in [2.05, 4.69) is 49.0 Å². The van der Waals surface area contributed by atoms with E-state index < -0.39 is 0 Å². The van der Waals surface area contributed by atoms with Gasteiger partial charge in [-0.05, 0) is 42.8 Å². The van der Waals surface area contributed by atoms with Crippen molar-refractivity contribution in [3.8, 4) is 34.2 Å². The Bertz CT molecular complexity index is 1680. The predicted octanol–water partition coefficient (Wildman–Crippen LogP) is 5.36. The Morgan fingerprint density at radius 3 is 2.69 bits per heavy atom. The molecule has 0 spiro atoms. The largest absolute Gasteiger partial charge is 0.358 e. The van der Waals surface area contributed by atoms with Gasteiger partial charge < -0.3 is 10.3 Å². The molecule has 0 fully saturated rings. The molecular formula is C26H21N9. The zero-order chi connectivity index (χ0) is 23.8. The minimum Gasteiger partial charge on any atom is -0.358 e. The van der Waals surface area contributed by atoms with Gasteiger partial charge in [0.1, 0.15) is 16.7 Å². The van der Waals surface area contributed by atoms with E-state index >= 15 is 0 Å². The van der Waals surface area contributed by atoms with Gasteiger partial charge in [0.2, 0.25) is 0 Å². The van der Waals surface area contributed by atoms with Crippen LogP contribution in [0, 0.1) is 0 Å². The summed E-state index contributed by atoms with van der Waals surface area (Å²) in [6.45, 7) is 6.06. The van der Waals surface area contributed by atoms with Gasteiger partial charge in [0.05, 0.1) is 34.3 Å². The summed E-state index contributed by atoms with van der Waals surface area (Å²) in [5.41, 5.74) is 8.67. The van der Waals surface area contributed by atoms with Crippen molar-refractivity contribution >= 4 is 27.8 Å². The lowest BCUT2D eigenvalue weighted by molar-refractivity contribution is 1.10. The fraction of sp³-hybridized carbons (Fsp3) is 0.0769. The van der Waals surface area contributed by atoms with Crippen LogP contribution in [-0.2, 0) is 0 Å². The Morgan fingerprint density at radius 1 is 0.914 bits per heavy atom. The number of imidazole rings is 1. The number of rotatable bonds is 6. The Kier molecular flexibility index (Phi) is 4.99. The molecule has 0 saturated heterocycles. The van der Waals surface area contributed by atoms with Crippen molar-refractivity contribution in [1.29, 1.82) is 0 Å². The average Bonchev–Trinajstić information content (AvgIpc) is 3.53. The van der Waals surface area contributed by atoms with E-state index in [1.54, 1.807) is 24.8 Å². The first-order chi connectivity index (χ1) is 17.2. The molecule has 6 aromatic heterocycles. The second-order valence-corrected chi connectivity index (χ2v) is 8.07. The topological polar surface area (TPSA) is 121 Å². The van der Waals surface area contributed by atoms with Crippen molar-refractivity contribution in [2.24, 2.45) is 0 Å². The maximum absolute atomic E-state index is 4.90. The number of nitrogens with zero attached hydrogens (tertiary/aromatic N) is 6. The second-order valence-electron chi connectivity index (χ2n) is 8.07. The average molecular weight is 460 g/mol. The van der Waals surface area contributed by atoms with Crippen LogP contribution in [0.3, 0.4) is 0 Å². The molecule has 0 aliphatic heterocycles. The van der Waals surface area contributed by atoms with Crippen molar-refractivity contribution in [1.82, 2.24) is 40.1 Å². The molecule has 0 saturated carbocycles. The summed E-state index contributed by atoms with van der Waals surface area (Å²) in [5.74, 6) is 0.605. The first-order valence-electron chi connectivity index (χ1n) is 11.2. The Hall–Kier alpha value is -4.92. The Balaban J connectivity index is 1.43. The summed E-state index contributed by atoms with van der Waals surface area (Å²) >= 11 is 0. The zero-order valence-corrected chi connectivity index (χ0v) is 18.9. The number of aromatic nitrogens is 8. The van der Waals surface area contributed by atoms with Gasteiger partial charge in [0.15, 0.2) is 11.5 Å². The molecule has 6 heterocycles. The third-order valence-electron chi connectivity index (χ3n) is 5.72. The van der Waals surface area contributed by atoms with E-state index in [9.17, 15) is 0 Å². The molecule has 9 heteroatoms. The monoisotopic (exact) mass is 459 g/mol. The van der Waals surface area contributed by atoms with E-state index in [1.807, 2.05) is 42.5 Å². The van der Waals surface area contributed by atoms with E-state index in [-0.39, 0.29) is 0 Å². The SMILES string of the molecule is C=C(CC)Nc1cncc(-c2ccc3[nH]nc(-c4nc5c(-c6ccccn6)nccc5[nH]4)c3n2)c1. The van der Waals surface area contributed by atoms with Gasteiger partial charge in [-0.25, -0.2) is 9.97 Å². The lowest BCUT2D eigenvalue weighted by Gasteiger charge is -2.08. The highest BCUT2D eigenvalue weighted by molar-refractivity contribution is 5.94. The van der Waals surface area contributed by atoms with Gasteiger partial charge in [-0.3, -0.25) is 20.1 Å². The quantitative estimate of drug-likeness (QED) is 0.307. The highest BCUT2D eigenvalue weighted by Gasteiger charge is 2.17. The van der Waals surface area contributed by atoms with Crippen LogP contribution >= 0.6 is 0 Å². The maximum Gasteiger partial charge on any atom is 0.161 e. The van der Waals surface area contributed by atoms with E-state index in [0.29, 0.717) is 22.7 Å². The van der Waals surface area contributed by atoms with Gasteiger partial charge in [-0.15, -0.1) is 0 Å². The van der Waals surface area contributed by atoms with Crippen molar-refractivity contribution in [2.75, 3.05) is 5.32 Å². The van der Waals surface area contributed by atoms with Crippen molar-refractivity contribution < 1.29 is 0 Å². The van der Waals surface area contributed by atoms with Gasteiger partial charge in [0.25, 0.3) is 0 Å². The molecule has 170 valence electrons. The van der Waals surface area contributed by atoms with Crippen LogP contribution < -0.4 is 5.32 Å². The molecule has 6 rings (SSSR count). The van der Waals surface area contributed by atoms with Gasteiger partial charge in [-0.2, -0.15) is 5.10 Å². The van der Waals surface area contributed by atoms with E-state index in [1.165, 1.54) is 0 Å². The van der Waals surface area contributed by atoms with Crippen molar-refractivity contribution in [2.45, 2.75) is 13.3 Å².